The van der Waals surface area contributed by atoms with Gasteiger partial charge in [-0.05, 0) is 23.4 Å². The SMILES string of the molecule is CC1Cc2ccsc2/C1=N/NC(N)=O. The van der Waals surface area contributed by atoms with Crippen LogP contribution in [0.25, 0.3) is 0 Å². The molecule has 1 aliphatic rings. The van der Waals surface area contributed by atoms with Crippen molar-refractivity contribution in [1.29, 1.82) is 0 Å². The Balaban J connectivity index is 2.27. The van der Waals surface area contributed by atoms with E-state index in [1.807, 2.05) is 5.38 Å². The van der Waals surface area contributed by atoms with Crippen LogP contribution in [0.3, 0.4) is 0 Å². The van der Waals surface area contributed by atoms with Crippen LogP contribution in [0.2, 0.25) is 0 Å². The van der Waals surface area contributed by atoms with Crippen LogP contribution in [0.1, 0.15) is 17.4 Å². The summed E-state index contributed by atoms with van der Waals surface area (Å²) in [5, 5.41) is 6.06. The topological polar surface area (TPSA) is 67.5 Å². The van der Waals surface area contributed by atoms with Crippen molar-refractivity contribution in [1.82, 2.24) is 5.43 Å². The lowest BCUT2D eigenvalue weighted by atomic mass is 10.1. The molecule has 2 amide bonds. The maximum atomic E-state index is 10.5. The molecule has 1 heterocycles. The molecule has 0 radical (unpaired) electrons. The number of nitrogens with two attached hydrogens (primary N) is 1. The first kappa shape index (κ1) is 9.21. The fourth-order valence-electron chi connectivity index (χ4n) is 1.65. The Morgan fingerprint density at radius 3 is 3.29 bits per heavy atom. The largest absolute Gasteiger partial charge is 0.350 e. The molecule has 0 fully saturated rings. The molecule has 0 aliphatic heterocycles. The average Bonchev–Trinajstić information content (AvgIpc) is 2.61. The zero-order valence-electron chi connectivity index (χ0n) is 7.78. The van der Waals surface area contributed by atoms with Crippen LogP contribution in [-0.4, -0.2) is 11.7 Å². The number of thiophene rings is 1. The van der Waals surface area contributed by atoms with E-state index in [1.165, 1.54) is 10.4 Å². The smallest absolute Gasteiger partial charge is 0.332 e. The van der Waals surface area contributed by atoms with Gasteiger partial charge >= 0.3 is 6.03 Å². The highest BCUT2D eigenvalue weighted by Gasteiger charge is 2.26. The number of carbonyl (C=O) groups is 1. The average molecular weight is 209 g/mol. The fourth-order valence-corrected chi connectivity index (χ4v) is 2.69. The minimum Gasteiger partial charge on any atom is -0.350 e. The normalized spacial score (nSPS) is 22.4. The van der Waals surface area contributed by atoms with Crippen LogP contribution in [0, 0.1) is 5.92 Å². The third-order valence-corrected chi connectivity index (χ3v) is 3.24. The number of nitrogens with one attached hydrogen (secondary N) is 1. The molecule has 0 bridgehead atoms. The lowest BCUT2D eigenvalue weighted by molar-refractivity contribution is 0.249. The van der Waals surface area contributed by atoms with Gasteiger partial charge in [-0.1, -0.05) is 6.92 Å². The van der Waals surface area contributed by atoms with Gasteiger partial charge in [0.25, 0.3) is 0 Å². The minimum absolute atomic E-state index is 0.365. The molecule has 74 valence electrons. The number of primary amides is 1. The molecule has 14 heavy (non-hydrogen) atoms. The monoisotopic (exact) mass is 209 g/mol. The van der Waals surface area contributed by atoms with Crippen molar-refractivity contribution in [3.05, 3.63) is 21.9 Å². The van der Waals surface area contributed by atoms with Crippen molar-refractivity contribution in [3.63, 3.8) is 0 Å². The number of amides is 2. The third-order valence-electron chi connectivity index (χ3n) is 2.26. The number of urea groups is 1. The zero-order chi connectivity index (χ0) is 10.1. The Hall–Kier alpha value is -1.36. The molecule has 2 rings (SSSR count). The van der Waals surface area contributed by atoms with Gasteiger partial charge in [0, 0.05) is 5.92 Å². The van der Waals surface area contributed by atoms with Crippen LogP contribution in [-0.2, 0) is 6.42 Å². The van der Waals surface area contributed by atoms with Gasteiger partial charge in [-0.15, -0.1) is 11.3 Å². The Morgan fingerprint density at radius 1 is 1.79 bits per heavy atom. The van der Waals surface area contributed by atoms with Gasteiger partial charge in [-0.25, -0.2) is 10.2 Å². The van der Waals surface area contributed by atoms with E-state index in [9.17, 15) is 4.79 Å². The van der Waals surface area contributed by atoms with Crippen LogP contribution in [0.15, 0.2) is 16.5 Å². The first-order valence-electron chi connectivity index (χ1n) is 4.38. The number of hydrogen-bond donors (Lipinski definition) is 2. The Labute approximate surface area is 85.8 Å². The van der Waals surface area contributed by atoms with Gasteiger partial charge < -0.3 is 5.73 Å². The maximum absolute atomic E-state index is 10.5. The lowest BCUT2D eigenvalue weighted by Gasteiger charge is -2.03. The second kappa shape index (κ2) is 3.42. The van der Waals surface area contributed by atoms with E-state index >= 15 is 0 Å². The third kappa shape index (κ3) is 1.50. The van der Waals surface area contributed by atoms with Gasteiger partial charge in [0.1, 0.15) is 0 Å². The first-order chi connectivity index (χ1) is 6.68. The standard InChI is InChI=1S/C9H11N3OS/c1-5-4-6-2-3-14-8(6)7(5)11-12-9(10)13/h2-3,5H,4H2,1H3,(H3,10,12,13)/b11-7+. The maximum Gasteiger partial charge on any atom is 0.332 e. The van der Waals surface area contributed by atoms with E-state index < -0.39 is 6.03 Å². The first-order valence-corrected chi connectivity index (χ1v) is 5.26. The summed E-state index contributed by atoms with van der Waals surface area (Å²) >= 11 is 1.65. The molecular formula is C9H11N3OS. The highest BCUT2D eigenvalue weighted by molar-refractivity contribution is 7.12. The van der Waals surface area contributed by atoms with Crippen molar-refractivity contribution in [3.8, 4) is 0 Å². The molecule has 0 saturated carbocycles. The van der Waals surface area contributed by atoms with Crippen molar-refractivity contribution < 1.29 is 4.79 Å². The lowest BCUT2D eigenvalue weighted by Crippen LogP contribution is -2.26. The highest BCUT2D eigenvalue weighted by atomic mass is 32.1. The summed E-state index contributed by atoms with van der Waals surface area (Å²) in [7, 11) is 0. The molecule has 1 aromatic heterocycles. The van der Waals surface area contributed by atoms with Gasteiger partial charge in [0.15, 0.2) is 0 Å². The molecule has 0 saturated heterocycles. The molecule has 1 aromatic rings. The Bertz CT molecular complexity index is 397. The van der Waals surface area contributed by atoms with E-state index in [4.69, 9.17) is 5.73 Å². The molecular weight excluding hydrogens is 198 g/mol. The molecule has 4 nitrogen and oxygen atoms in total. The predicted molar refractivity (Wildman–Crippen MR) is 56.4 cm³/mol. The molecule has 0 spiro atoms. The van der Waals surface area contributed by atoms with Gasteiger partial charge in [0.2, 0.25) is 0 Å². The van der Waals surface area contributed by atoms with Crippen LogP contribution >= 0.6 is 11.3 Å². The van der Waals surface area contributed by atoms with Crippen LogP contribution < -0.4 is 11.2 Å². The van der Waals surface area contributed by atoms with Crippen molar-refractivity contribution in [2.75, 3.05) is 0 Å². The quantitative estimate of drug-likeness (QED) is 0.673. The molecule has 3 N–H and O–H groups in total. The van der Waals surface area contributed by atoms with E-state index in [-0.39, 0.29) is 0 Å². The van der Waals surface area contributed by atoms with Gasteiger partial charge in [-0.3, -0.25) is 0 Å². The molecule has 5 heteroatoms. The molecule has 1 aliphatic carbocycles. The van der Waals surface area contributed by atoms with Crippen molar-refractivity contribution in [2.24, 2.45) is 16.8 Å². The summed E-state index contributed by atoms with van der Waals surface area (Å²) in [5.41, 5.74) is 9.49. The molecule has 1 atom stereocenters. The van der Waals surface area contributed by atoms with E-state index in [0.29, 0.717) is 5.92 Å². The molecule has 1 unspecified atom stereocenters. The number of fused-ring (bicyclic) bond motifs is 1. The zero-order valence-corrected chi connectivity index (χ0v) is 8.60. The van der Waals surface area contributed by atoms with Gasteiger partial charge in [-0.2, -0.15) is 5.10 Å². The number of rotatable bonds is 1. The van der Waals surface area contributed by atoms with E-state index in [1.54, 1.807) is 11.3 Å². The van der Waals surface area contributed by atoms with Crippen LogP contribution in [0.5, 0.6) is 0 Å². The fraction of sp³-hybridized carbons (Fsp3) is 0.333. The summed E-state index contributed by atoms with van der Waals surface area (Å²) in [6, 6.07) is 1.48. The predicted octanol–water partition coefficient (Wildman–Crippen LogP) is 1.31. The van der Waals surface area contributed by atoms with Gasteiger partial charge in [0.05, 0.1) is 10.6 Å². The number of hydrazone groups is 1. The van der Waals surface area contributed by atoms with E-state index in [0.717, 1.165) is 12.1 Å². The van der Waals surface area contributed by atoms with Crippen LogP contribution in [0.4, 0.5) is 4.79 Å². The second-order valence-electron chi connectivity index (χ2n) is 3.35. The number of carbonyl (C=O) groups excluding carboxylic acids is 1. The Kier molecular flexibility index (Phi) is 2.25. The minimum atomic E-state index is -0.616. The summed E-state index contributed by atoms with van der Waals surface area (Å²) in [5.74, 6) is 0.365. The molecule has 0 aromatic carbocycles. The Morgan fingerprint density at radius 2 is 2.57 bits per heavy atom. The van der Waals surface area contributed by atoms with E-state index in [2.05, 4.69) is 23.5 Å². The summed E-state index contributed by atoms with van der Waals surface area (Å²) in [6.07, 6.45) is 0.998. The van der Waals surface area contributed by atoms with Crippen molar-refractivity contribution >= 4 is 23.1 Å². The summed E-state index contributed by atoms with van der Waals surface area (Å²) < 4.78 is 0. The van der Waals surface area contributed by atoms with Crippen molar-refractivity contribution in [2.45, 2.75) is 13.3 Å². The number of nitrogens with zero attached hydrogens (tertiary/aromatic N) is 1. The highest BCUT2D eigenvalue weighted by Crippen LogP contribution is 2.31. The number of hydrogen-bond acceptors (Lipinski definition) is 3. The second-order valence-corrected chi connectivity index (χ2v) is 4.27. The summed E-state index contributed by atoms with van der Waals surface area (Å²) in [6.45, 7) is 2.09. The summed E-state index contributed by atoms with van der Waals surface area (Å²) in [4.78, 5) is 11.7.